The zero-order chi connectivity index (χ0) is 11.5. The summed E-state index contributed by atoms with van der Waals surface area (Å²) in [6, 6.07) is 0. The van der Waals surface area contributed by atoms with Gasteiger partial charge in [0.25, 0.3) is 0 Å². The van der Waals surface area contributed by atoms with Crippen molar-refractivity contribution < 1.29 is 8.42 Å². The van der Waals surface area contributed by atoms with Gasteiger partial charge in [0.1, 0.15) is 10.7 Å². The Labute approximate surface area is 89.5 Å². The van der Waals surface area contributed by atoms with Crippen LogP contribution in [0.1, 0.15) is 20.3 Å². The number of anilines is 1. The predicted octanol–water partition coefficient (Wildman–Crippen LogP) is 0.173. The maximum absolute atomic E-state index is 11.6. The number of hydrogen-bond acceptors (Lipinski definition) is 4. The highest BCUT2D eigenvalue weighted by atomic mass is 32.2. The normalized spacial score (nSPS) is 11.9. The molecule has 0 unspecified atom stereocenters. The lowest BCUT2D eigenvalue weighted by atomic mass is 10.5. The van der Waals surface area contributed by atoms with Crippen molar-refractivity contribution in [2.45, 2.75) is 31.7 Å². The number of nitrogens with zero attached hydrogens (tertiary/aromatic N) is 2. The van der Waals surface area contributed by atoms with Crippen LogP contribution in [-0.4, -0.2) is 24.7 Å². The summed E-state index contributed by atoms with van der Waals surface area (Å²) in [6.45, 7) is 4.64. The van der Waals surface area contributed by atoms with Crippen LogP contribution in [-0.2, 0) is 16.6 Å². The molecule has 0 aliphatic rings. The molecule has 0 fully saturated rings. The van der Waals surface area contributed by atoms with Crippen LogP contribution in [0.2, 0.25) is 0 Å². The van der Waals surface area contributed by atoms with Crippen LogP contribution in [0.3, 0.4) is 0 Å². The van der Waals surface area contributed by atoms with Gasteiger partial charge in [-0.1, -0.05) is 13.8 Å². The fourth-order valence-corrected chi connectivity index (χ4v) is 2.34. The van der Waals surface area contributed by atoms with Gasteiger partial charge >= 0.3 is 0 Å². The minimum Gasteiger partial charge on any atom is -0.383 e. The Bertz CT molecular complexity index is 424. The van der Waals surface area contributed by atoms with Crippen LogP contribution in [0.25, 0.3) is 0 Å². The molecule has 1 aromatic heterocycles. The fourth-order valence-electron chi connectivity index (χ4n) is 1.24. The first-order valence-corrected chi connectivity index (χ1v) is 6.32. The summed E-state index contributed by atoms with van der Waals surface area (Å²) < 4.78 is 27.1. The Morgan fingerprint density at radius 1 is 1.53 bits per heavy atom. The number of nitrogen functional groups attached to an aromatic ring is 1. The molecule has 86 valence electrons. The van der Waals surface area contributed by atoms with Crippen molar-refractivity contribution in [3.8, 4) is 0 Å². The molecular weight excluding hydrogens is 216 g/mol. The van der Waals surface area contributed by atoms with E-state index in [0.29, 0.717) is 13.1 Å². The highest BCUT2D eigenvalue weighted by Gasteiger charge is 2.20. The van der Waals surface area contributed by atoms with E-state index in [-0.39, 0.29) is 10.7 Å². The topological polar surface area (TPSA) is 90.0 Å². The number of hydrogen-bond donors (Lipinski definition) is 2. The maximum Gasteiger partial charge on any atom is 0.245 e. The first-order chi connectivity index (χ1) is 7.03. The minimum absolute atomic E-state index is 0.0535. The van der Waals surface area contributed by atoms with E-state index in [0.717, 1.165) is 6.42 Å². The van der Waals surface area contributed by atoms with Crippen molar-refractivity contribution in [3.05, 3.63) is 6.20 Å². The second-order valence-corrected chi connectivity index (χ2v) is 4.85. The van der Waals surface area contributed by atoms with E-state index in [2.05, 4.69) is 9.82 Å². The fraction of sp³-hybridized carbons (Fsp3) is 0.625. The average Bonchev–Trinajstić information content (AvgIpc) is 2.49. The standard InChI is InChI=1S/C8H16N4O2S/c1-3-5-12-8(9)7(6-10-12)15(13,14)11-4-2/h6,11H,3-5,9H2,1-2H3. The van der Waals surface area contributed by atoms with E-state index < -0.39 is 10.0 Å². The van der Waals surface area contributed by atoms with Gasteiger partial charge in [0, 0.05) is 13.1 Å². The SMILES string of the molecule is CCCn1ncc(S(=O)(=O)NCC)c1N. The molecule has 15 heavy (non-hydrogen) atoms. The molecule has 3 N–H and O–H groups in total. The lowest BCUT2D eigenvalue weighted by Crippen LogP contribution is -2.23. The smallest absolute Gasteiger partial charge is 0.245 e. The molecule has 0 spiro atoms. The summed E-state index contributed by atoms with van der Waals surface area (Å²) in [5, 5.41) is 3.93. The number of nitrogens with one attached hydrogen (secondary N) is 1. The molecule has 0 saturated carbocycles. The van der Waals surface area contributed by atoms with Gasteiger partial charge in [-0.05, 0) is 6.42 Å². The van der Waals surface area contributed by atoms with Crippen LogP contribution >= 0.6 is 0 Å². The van der Waals surface area contributed by atoms with Crippen molar-refractivity contribution in [2.24, 2.45) is 0 Å². The Kier molecular flexibility index (Phi) is 3.70. The third-order valence-electron chi connectivity index (χ3n) is 1.90. The Morgan fingerprint density at radius 2 is 2.20 bits per heavy atom. The number of aromatic nitrogens is 2. The monoisotopic (exact) mass is 232 g/mol. The molecule has 6 nitrogen and oxygen atoms in total. The largest absolute Gasteiger partial charge is 0.383 e. The first kappa shape index (κ1) is 12.0. The van der Waals surface area contributed by atoms with Gasteiger partial charge in [0.2, 0.25) is 10.0 Å². The molecule has 0 amide bonds. The van der Waals surface area contributed by atoms with Gasteiger partial charge < -0.3 is 5.73 Å². The second kappa shape index (κ2) is 4.63. The zero-order valence-electron chi connectivity index (χ0n) is 8.90. The highest BCUT2D eigenvalue weighted by Crippen LogP contribution is 2.17. The van der Waals surface area contributed by atoms with E-state index in [1.165, 1.54) is 10.9 Å². The number of rotatable bonds is 5. The summed E-state index contributed by atoms with van der Waals surface area (Å²) in [7, 11) is -3.50. The summed E-state index contributed by atoms with van der Waals surface area (Å²) in [6.07, 6.45) is 2.13. The highest BCUT2D eigenvalue weighted by molar-refractivity contribution is 7.89. The van der Waals surface area contributed by atoms with Gasteiger partial charge in [-0.15, -0.1) is 0 Å². The molecule has 1 rings (SSSR count). The van der Waals surface area contributed by atoms with Gasteiger partial charge in [0.15, 0.2) is 0 Å². The van der Waals surface area contributed by atoms with Crippen LogP contribution < -0.4 is 10.5 Å². The summed E-state index contributed by atoms with van der Waals surface area (Å²) in [5.74, 6) is 0.192. The minimum atomic E-state index is -3.50. The van der Waals surface area contributed by atoms with Gasteiger partial charge in [-0.2, -0.15) is 5.10 Å². The first-order valence-electron chi connectivity index (χ1n) is 4.83. The van der Waals surface area contributed by atoms with Crippen molar-refractivity contribution >= 4 is 15.8 Å². The van der Waals surface area contributed by atoms with E-state index in [4.69, 9.17) is 5.73 Å². The molecule has 7 heteroatoms. The van der Waals surface area contributed by atoms with Gasteiger partial charge in [-0.3, -0.25) is 0 Å². The number of sulfonamides is 1. The van der Waals surface area contributed by atoms with Crippen LogP contribution in [0.15, 0.2) is 11.1 Å². The van der Waals surface area contributed by atoms with Crippen LogP contribution in [0.4, 0.5) is 5.82 Å². The van der Waals surface area contributed by atoms with Crippen molar-refractivity contribution in [1.82, 2.24) is 14.5 Å². The van der Waals surface area contributed by atoms with E-state index >= 15 is 0 Å². The molecule has 0 atom stereocenters. The molecule has 0 saturated heterocycles. The Morgan fingerprint density at radius 3 is 2.73 bits per heavy atom. The van der Waals surface area contributed by atoms with E-state index in [1.54, 1.807) is 6.92 Å². The molecule has 0 aromatic carbocycles. The second-order valence-electron chi connectivity index (χ2n) is 3.12. The Hall–Kier alpha value is -1.08. The molecule has 1 heterocycles. The summed E-state index contributed by atoms with van der Waals surface area (Å²) in [4.78, 5) is 0.0535. The van der Waals surface area contributed by atoms with Crippen LogP contribution in [0.5, 0.6) is 0 Å². The lowest BCUT2D eigenvalue weighted by molar-refractivity contribution is 0.583. The van der Waals surface area contributed by atoms with Gasteiger partial charge in [-0.25, -0.2) is 17.8 Å². The van der Waals surface area contributed by atoms with Crippen molar-refractivity contribution in [2.75, 3.05) is 12.3 Å². The molecule has 0 bridgehead atoms. The van der Waals surface area contributed by atoms with Gasteiger partial charge in [0.05, 0.1) is 6.20 Å². The van der Waals surface area contributed by atoms with Crippen molar-refractivity contribution in [3.63, 3.8) is 0 Å². The summed E-state index contributed by atoms with van der Waals surface area (Å²) >= 11 is 0. The molecule has 0 aliphatic heterocycles. The molecule has 0 radical (unpaired) electrons. The molecular formula is C8H16N4O2S. The quantitative estimate of drug-likeness (QED) is 0.757. The zero-order valence-corrected chi connectivity index (χ0v) is 9.71. The number of aryl methyl sites for hydroxylation is 1. The predicted molar refractivity (Wildman–Crippen MR) is 57.8 cm³/mol. The lowest BCUT2D eigenvalue weighted by Gasteiger charge is -2.04. The van der Waals surface area contributed by atoms with Crippen LogP contribution in [0, 0.1) is 0 Å². The molecule has 0 aliphatic carbocycles. The molecule has 1 aromatic rings. The van der Waals surface area contributed by atoms with E-state index in [9.17, 15) is 8.42 Å². The Balaban J connectivity index is 3.06. The van der Waals surface area contributed by atoms with E-state index in [1.807, 2.05) is 6.92 Å². The average molecular weight is 232 g/mol. The third-order valence-corrected chi connectivity index (χ3v) is 3.47. The third kappa shape index (κ3) is 2.48. The maximum atomic E-state index is 11.6. The number of nitrogens with two attached hydrogens (primary N) is 1. The summed E-state index contributed by atoms with van der Waals surface area (Å²) in [5.41, 5.74) is 5.69. The van der Waals surface area contributed by atoms with Crippen molar-refractivity contribution in [1.29, 1.82) is 0 Å².